The molecule has 116 valence electrons. The van der Waals surface area contributed by atoms with Gasteiger partial charge >= 0.3 is 5.97 Å². The summed E-state index contributed by atoms with van der Waals surface area (Å²) in [6, 6.07) is 4.88. The van der Waals surface area contributed by atoms with Crippen LogP contribution in [0.2, 0.25) is 0 Å². The molecular formula is C15H20BrNO4. The summed E-state index contributed by atoms with van der Waals surface area (Å²) in [5.41, 5.74) is 1.09. The van der Waals surface area contributed by atoms with Crippen LogP contribution in [0, 0.1) is 6.92 Å². The van der Waals surface area contributed by atoms with Crippen LogP contribution in [0.5, 0.6) is 5.75 Å². The molecule has 2 atom stereocenters. The van der Waals surface area contributed by atoms with Crippen molar-refractivity contribution in [2.45, 2.75) is 39.8 Å². The zero-order valence-corrected chi connectivity index (χ0v) is 14.2. The van der Waals surface area contributed by atoms with Crippen molar-refractivity contribution in [2.75, 3.05) is 6.61 Å². The van der Waals surface area contributed by atoms with Crippen molar-refractivity contribution in [2.24, 2.45) is 0 Å². The Hall–Kier alpha value is -1.56. The van der Waals surface area contributed by atoms with Gasteiger partial charge in [-0.25, -0.2) is 4.79 Å². The molecule has 1 N–H and O–H groups in total. The third kappa shape index (κ3) is 5.38. The Kier molecular flexibility index (Phi) is 6.68. The molecule has 0 fully saturated rings. The standard InChI is InChI=1S/C15H20BrNO4/c1-5-20-15(19)10(3)17-14(18)11(4)21-13-7-6-9(2)8-12(13)16/h6-8,10-11H,5H2,1-4H3,(H,17,18). The minimum Gasteiger partial charge on any atom is -0.480 e. The van der Waals surface area contributed by atoms with E-state index in [1.54, 1.807) is 26.8 Å². The lowest BCUT2D eigenvalue weighted by Crippen LogP contribution is -2.45. The van der Waals surface area contributed by atoms with E-state index < -0.39 is 18.1 Å². The first kappa shape index (κ1) is 17.5. The second-order valence-corrected chi connectivity index (χ2v) is 5.53. The fourth-order valence-corrected chi connectivity index (χ4v) is 2.19. The van der Waals surface area contributed by atoms with Crippen molar-refractivity contribution in [1.82, 2.24) is 5.32 Å². The maximum atomic E-state index is 12.0. The third-order valence-electron chi connectivity index (χ3n) is 2.76. The van der Waals surface area contributed by atoms with Crippen molar-refractivity contribution >= 4 is 27.8 Å². The molecule has 0 spiro atoms. The Labute approximate surface area is 133 Å². The van der Waals surface area contributed by atoms with Crippen LogP contribution in [0.15, 0.2) is 22.7 Å². The Balaban J connectivity index is 2.60. The summed E-state index contributed by atoms with van der Waals surface area (Å²) in [4.78, 5) is 23.5. The molecule has 0 aliphatic rings. The zero-order chi connectivity index (χ0) is 16.0. The molecular weight excluding hydrogens is 338 g/mol. The smallest absolute Gasteiger partial charge is 0.328 e. The van der Waals surface area contributed by atoms with Gasteiger partial charge in [0.1, 0.15) is 11.8 Å². The number of hydrogen-bond acceptors (Lipinski definition) is 4. The number of aryl methyl sites for hydroxylation is 1. The predicted molar refractivity (Wildman–Crippen MR) is 83.2 cm³/mol. The van der Waals surface area contributed by atoms with Crippen LogP contribution in [0.4, 0.5) is 0 Å². The Morgan fingerprint density at radius 2 is 2.00 bits per heavy atom. The van der Waals surface area contributed by atoms with Gasteiger partial charge in [0, 0.05) is 0 Å². The van der Waals surface area contributed by atoms with Gasteiger partial charge < -0.3 is 14.8 Å². The first-order valence-corrected chi connectivity index (χ1v) is 7.54. The molecule has 21 heavy (non-hydrogen) atoms. The van der Waals surface area contributed by atoms with Gasteiger partial charge in [0.05, 0.1) is 11.1 Å². The van der Waals surface area contributed by atoms with Crippen LogP contribution in [0.3, 0.4) is 0 Å². The van der Waals surface area contributed by atoms with Crippen molar-refractivity contribution in [3.63, 3.8) is 0 Å². The molecule has 0 aliphatic heterocycles. The van der Waals surface area contributed by atoms with E-state index in [2.05, 4.69) is 21.2 Å². The Morgan fingerprint density at radius 1 is 1.33 bits per heavy atom. The second-order valence-electron chi connectivity index (χ2n) is 4.68. The highest BCUT2D eigenvalue weighted by molar-refractivity contribution is 9.10. The first-order chi connectivity index (χ1) is 9.85. The highest BCUT2D eigenvalue weighted by Gasteiger charge is 2.22. The second kappa shape index (κ2) is 8.02. The minimum absolute atomic E-state index is 0.279. The summed E-state index contributed by atoms with van der Waals surface area (Å²) in [5.74, 6) is -0.260. The number of benzene rings is 1. The number of carbonyl (C=O) groups excluding carboxylic acids is 2. The summed E-state index contributed by atoms with van der Waals surface area (Å²) in [6.07, 6.45) is -0.721. The number of ether oxygens (including phenoxy) is 2. The van der Waals surface area contributed by atoms with Crippen molar-refractivity contribution in [3.8, 4) is 5.75 Å². The molecule has 2 unspecified atom stereocenters. The molecule has 0 aromatic heterocycles. The molecule has 0 saturated carbocycles. The third-order valence-corrected chi connectivity index (χ3v) is 3.38. The lowest BCUT2D eigenvalue weighted by molar-refractivity contribution is -0.147. The topological polar surface area (TPSA) is 64.6 Å². The van der Waals surface area contributed by atoms with E-state index in [1.165, 1.54) is 0 Å². The number of hydrogen-bond donors (Lipinski definition) is 1. The number of carbonyl (C=O) groups is 2. The van der Waals surface area contributed by atoms with Gasteiger partial charge in [-0.1, -0.05) is 6.07 Å². The maximum Gasteiger partial charge on any atom is 0.328 e. The van der Waals surface area contributed by atoms with Crippen LogP contribution in [0.1, 0.15) is 26.3 Å². The normalized spacial score (nSPS) is 13.2. The van der Waals surface area contributed by atoms with E-state index in [9.17, 15) is 9.59 Å². The highest BCUT2D eigenvalue weighted by atomic mass is 79.9. The highest BCUT2D eigenvalue weighted by Crippen LogP contribution is 2.26. The van der Waals surface area contributed by atoms with Gasteiger partial charge in [-0.2, -0.15) is 0 Å². The molecule has 0 heterocycles. The largest absolute Gasteiger partial charge is 0.480 e. The summed E-state index contributed by atoms with van der Waals surface area (Å²) >= 11 is 3.39. The predicted octanol–water partition coefficient (Wildman–Crippen LogP) is 2.59. The van der Waals surface area contributed by atoms with E-state index in [-0.39, 0.29) is 12.5 Å². The van der Waals surface area contributed by atoms with Crippen LogP contribution >= 0.6 is 15.9 Å². The van der Waals surface area contributed by atoms with Crippen LogP contribution in [-0.2, 0) is 14.3 Å². The quantitative estimate of drug-likeness (QED) is 0.794. The van der Waals surface area contributed by atoms with Crippen LogP contribution in [-0.4, -0.2) is 30.6 Å². The van der Waals surface area contributed by atoms with Crippen molar-refractivity contribution in [1.29, 1.82) is 0 Å². The molecule has 0 bridgehead atoms. The molecule has 5 nitrogen and oxygen atoms in total. The average Bonchev–Trinajstić information content (AvgIpc) is 2.41. The van der Waals surface area contributed by atoms with Crippen molar-refractivity contribution in [3.05, 3.63) is 28.2 Å². The van der Waals surface area contributed by atoms with E-state index in [0.717, 1.165) is 10.0 Å². The molecule has 1 aromatic carbocycles. The fraction of sp³-hybridized carbons (Fsp3) is 0.467. The average molecular weight is 358 g/mol. The Bertz CT molecular complexity index is 518. The van der Waals surface area contributed by atoms with E-state index >= 15 is 0 Å². The monoisotopic (exact) mass is 357 g/mol. The molecule has 6 heteroatoms. The molecule has 1 rings (SSSR count). The van der Waals surface area contributed by atoms with E-state index in [0.29, 0.717) is 5.75 Å². The zero-order valence-electron chi connectivity index (χ0n) is 12.6. The van der Waals surface area contributed by atoms with Crippen molar-refractivity contribution < 1.29 is 19.1 Å². The van der Waals surface area contributed by atoms with E-state index in [1.807, 2.05) is 19.1 Å². The van der Waals surface area contributed by atoms with Gasteiger partial charge in [0.2, 0.25) is 0 Å². The van der Waals surface area contributed by atoms with Gasteiger partial charge in [-0.05, 0) is 61.3 Å². The molecule has 0 radical (unpaired) electrons. The van der Waals surface area contributed by atoms with Gasteiger partial charge in [-0.15, -0.1) is 0 Å². The first-order valence-electron chi connectivity index (χ1n) is 6.75. The SMILES string of the molecule is CCOC(=O)C(C)NC(=O)C(C)Oc1ccc(C)cc1Br. The summed E-state index contributed by atoms with van der Waals surface area (Å²) < 4.78 is 11.2. The van der Waals surface area contributed by atoms with Gasteiger partial charge in [0.25, 0.3) is 5.91 Å². The summed E-state index contributed by atoms with van der Waals surface area (Å²) in [7, 11) is 0. The molecule has 1 amide bonds. The molecule has 0 aliphatic carbocycles. The lowest BCUT2D eigenvalue weighted by Gasteiger charge is -2.18. The lowest BCUT2D eigenvalue weighted by atomic mass is 10.2. The number of nitrogens with one attached hydrogen (secondary N) is 1. The summed E-state index contributed by atoms with van der Waals surface area (Å²) in [5, 5.41) is 2.56. The van der Waals surface area contributed by atoms with E-state index in [4.69, 9.17) is 9.47 Å². The number of halogens is 1. The maximum absolute atomic E-state index is 12.0. The molecule has 1 aromatic rings. The fourth-order valence-electron chi connectivity index (χ4n) is 1.60. The Morgan fingerprint density at radius 3 is 2.57 bits per heavy atom. The van der Waals surface area contributed by atoms with Gasteiger partial charge in [-0.3, -0.25) is 4.79 Å². The van der Waals surface area contributed by atoms with Gasteiger partial charge in [0.15, 0.2) is 6.10 Å². The summed E-state index contributed by atoms with van der Waals surface area (Å²) in [6.45, 7) is 7.16. The minimum atomic E-state index is -0.721. The number of rotatable bonds is 6. The molecule has 0 saturated heterocycles. The van der Waals surface area contributed by atoms with Crippen LogP contribution in [0.25, 0.3) is 0 Å². The van der Waals surface area contributed by atoms with Crippen LogP contribution < -0.4 is 10.1 Å². The number of esters is 1. The number of amides is 1.